The van der Waals surface area contributed by atoms with Gasteiger partial charge in [0.05, 0.1) is 31.0 Å². The molecule has 0 fully saturated rings. The number of nitrogens with two attached hydrogens (primary N) is 3. The van der Waals surface area contributed by atoms with E-state index >= 15 is 0 Å². The van der Waals surface area contributed by atoms with Crippen molar-refractivity contribution >= 4 is 23.6 Å². The van der Waals surface area contributed by atoms with Gasteiger partial charge in [-0.25, -0.2) is 0 Å². The molecule has 0 aromatic carbocycles. The van der Waals surface area contributed by atoms with E-state index in [1.165, 1.54) is 0 Å². The highest BCUT2D eigenvalue weighted by Gasteiger charge is 2.29. The molecule has 0 aliphatic rings. The molecule has 0 bridgehead atoms. The Hall–Kier alpha value is -2.20. The van der Waals surface area contributed by atoms with Gasteiger partial charge >= 0.3 is 0 Å². The monoisotopic (exact) mass is 401 g/mol. The maximum atomic E-state index is 12.3. The molecular weight excluding hydrogens is 366 g/mol. The molecule has 0 aliphatic carbocycles. The second-order valence-corrected chi connectivity index (χ2v) is 7.63. The van der Waals surface area contributed by atoms with Crippen molar-refractivity contribution in [1.29, 1.82) is 0 Å². The van der Waals surface area contributed by atoms with Crippen molar-refractivity contribution in [2.75, 3.05) is 0 Å². The highest BCUT2D eigenvalue weighted by atomic mass is 16.3. The van der Waals surface area contributed by atoms with E-state index in [2.05, 4.69) is 10.6 Å². The van der Waals surface area contributed by atoms with Crippen LogP contribution in [0.5, 0.6) is 0 Å². The first kappa shape index (κ1) is 25.8. The Bertz CT molecular complexity index is 554. The molecule has 10 nitrogen and oxygen atoms in total. The summed E-state index contributed by atoms with van der Waals surface area (Å²) in [5.74, 6) is -2.61. The normalized spacial score (nSPS) is 16.5. The summed E-state index contributed by atoms with van der Waals surface area (Å²) in [5.41, 5.74) is 16.0. The number of aliphatic hydroxyl groups excluding tert-OH is 1. The van der Waals surface area contributed by atoms with E-state index < -0.39 is 47.9 Å². The van der Waals surface area contributed by atoms with Crippen molar-refractivity contribution in [3.63, 3.8) is 0 Å². The van der Waals surface area contributed by atoms with Crippen LogP contribution in [0.3, 0.4) is 0 Å². The molecule has 4 amide bonds. The van der Waals surface area contributed by atoms with Gasteiger partial charge in [0, 0.05) is 0 Å². The minimum atomic E-state index is -1.21. The summed E-state index contributed by atoms with van der Waals surface area (Å²) in [7, 11) is 0. The average molecular weight is 402 g/mol. The van der Waals surface area contributed by atoms with Gasteiger partial charge in [0.1, 0.15) is 6.04 Å². The van der Waals surface area contributed by atoms with E-state index in [1.54, 1.807) is 6.92 Å². The minimum Gasteiger partial charge on any atom is -0.390 e. The van der Waals surface area contributed by atoms with Crippen molar-refractivity contribution in [3.05, 3.63) is 0 Å². The molecule has 0 unspecified atom stereocenters. The number of nitrogens with one attached hydrogen (secondary N) is 2. The fourth-order valence-electron chi connectivity index (χ4n) is 2.71. The summed E-state index contributed by atoms with van der Waals surface area (Å²) in [6.07, 6.45) is -0.846. The molecule has 0 saturated carbocycles. The molecule has 5 atom stereocenters. The quantitative estimate of drug-likeness (QED) is 0.217. The van der Waals surface area contributed by atoms with E-state index in [4.69, 9.17) is 17.2 Å². The lowest BCUT2D eigenvalue weighted by atomic mass is 9.95. The van der Waals surface area contributed by atoms with Crippen molar-refractivity contribution < 1.29 is 24.3 Å². The van der Waals surface area contributed by atoms with E-state index in [9.17, 15) is 24.3 Å². The molecule has 0 radical (unpaired) electrons. The highest BCUT2D eigenvalue weighted by Crippen LogP contribution is 2.13. The van der Waals surface area contributed by atoms with Crippen LogP contribution in [0.2, 0.25) is 0 Å². The summed E-state index contributed by atoms with van der Waals surface area (Å²) < 4.78 is 0. The average Bonchev–Trinajstić information content (AvgIpc) is 2.56. The summed E-state index contributed by atoms with van der Waals surface area (Å²) in [4.78, 5) is 46.9. The molecule has 162 valence electrons. The first-order chi connectivity index (χ1) is 12.9. The van der Waals surface area contributed by atoms with E-state index in [1.807, 2.05) is 20.8 Å². The van der Waals surface area contributed by atoms with Crippen LogP contribution in [-0.4, -0.2) is 53.0 Å². The molecular formula is C18H35N5O5. The number of hydrogen-bond donors (Lipinski definition) is 6. The third-order valence-electron chi connectivity index (χ3n) is 4.51. The van der Waals surface area contributed by atoms with Crippen LogP contribution in [0.25, 0.3) is 0 Å². The zero-order valence-electron chi connectivity index (χ0n) is 17.1. The Labute approximate surface area is 166 Å². The van der Waals surface area contributed by atoms with Gasteiger partial charge in [-0.05, 0) is 18.3 Å². The predicted molar refractivity (Wildman–Crippen MR) is 104 cm³/mol. The Kier molecular flexibility index (Phi) is 11.3. The Balaban J connectivity index is 5.02. The first-order valence-corrected chi connectivity index (χ1v) is 9.49. The van der Waals surface area contributed by atoms with Crippen molar-refractivity contribution in [2.45, 2.75) is 77.6 Å². The summed E-state index contributed by atoms with van der Waals surface area (Å²) in [6.45, 7) is 7.43. The van der Waals surface area contributed by atoms with Gasteiger partial charge in [-0.15, -0.1) is 0 Å². The molecule has 0 rings (SSSR count). The van der Waals surface area contributed by atoms with Crippen molar-refractivity contribution in [1.82, 2.24) is 10.6 Å². The van der Waals surface area contributed by atoms with Crippen molar-refractivity contribution in [3.8, 4) is 0 Å². The Morgan fingerprint density at radius 2 is 1.57 bits per heavy atom. The van der Waals surface area contributed by atoms with Gasteiger partial charge < -0.3 is 32.9 Å². The fraction of sp³-hybridized carbons (Fsp3) is 0.778. The number of carbonyl (C=O) groups is 4. The van der Waals surface area contributed by atoms with Gasteiger partial charge in [0.25, 0.3) is 0 Å². The predicted octanol–water partition coefficient (Wildman–Crippen LogP) is -1.51. The van der Waals surface area contributed by atoms with Gasteiger partial charge in [0.15, 0.2) is 0 Å². The molecule has 10 heteroatoms. The Morgan fingerprint density at radius 1 is 1.00 bits per heavy atom. The number of carbonyl (C=O) groups excluding carboxylic acids is 4. The van der Waals surface area contributed by atoms with Crippen LogP contribution in [0, 0.1) is 11.8 Å². The molecule has 9 N–H and O–H groups in total. The fourth-order valence-corrected chi connectivity index (χ4v) is 2.71. The van der Waals surface area contributed by atoms with E-state index in [0.717, 1.165) is 0 Å². The topological polar surface area (TPSA) is 191 Å². The molecule has 0 saturated heterocycles. The molecule has 28 heavy (non-hydrogen) atoms. The van der Waals surface area contributed by atoms with E-state index in [-0.39, 0.29) is 24.7 Å². The van der Waals surface area contributed by atoms with Crippen LogP contribution < -0.4 is 27.8 Å². The maximum Gasteiger partial charge on any atom is 0.240 e. The lowest BCUT2D eigenvalue weighted by Gasteiger charge is -2.27. The van der Waals surface area contributed by atoms with Gasteiger partial charge in [0.2, 0.25) is 23.6 Å². The lowest BCUT2D eigenvalue weighted by molar-refractivity contribution is -0.131. The largest absolute Gasteiger partial charge is 0.390 e. The lowest BCUT2D eigenvalue weighted by Crippen LogP contribution is -2.53. The number of aliphatic hydroxyl groups is 1. The van der Waals surface area contributed by atoms with Gasteiger partial charge in [-0.3, -0.25) is 19.2 Å². The zero-order chi connectivity index (χ0) is 22.0. The van der Waals surface area contributed by atoms with Crippen molar-refractivity contribution in [2.24, 2.45) is 29.0 Å². The molecule has 0 aliphatic heterocycles. The molecule has 0 aromatic heterocycles. The Morgan fingerprint density at radius 3 is 2.00 bits per heavy atom. The zero-order valence-corrected chi connectivity index (χ0v) is 17.1. The van der Waals surface area contributed by atoms with Crippen LogP contribution in [0.1, 0.15) is 53.4 Å². The number of hydrogen-bond acceptors (Lipinski definition) is 6. The smallest absolute Gasteiger partial charge is 0.240 e. The molecule has 0 aromatic rings. The first-order valence-electron chi connectivity index (χ1n) is 9.49. The summed E-state index contributed by atoms with van der Waals surface area (Å²) >= 11 is 0. The second kappa shape index (κ2) is 12.3. The standard InChI is InChI=1S/C18H35N5O5/c1-5-10(4)16(17(21)27)23-15(26)8-13(24)12(6-9(2)3)22-18(28)11(19)7-14(20)25/h9-13,16,24H,5-8,19H2,1-4H3,(H2,20,25)(H2,21,27)(H,22,28)(H,23,26)/t10-,11-,12-,13-,16-/m0/s1. The third-order valence-corrected chi connectivity index (χ3v) is 4.51. The maximum absolute atomic E-state index is 12.3. The van der Waals surface area contributed by atoms with Gasteiger partial charge in [-0.2, -0.15) is 0 Å². The highest BCUT2D eigenvalue weighted by molar-refractivity contribution is 5.88. The summed E-state index contributed by atoms with van der Waals surface area (Å²) in [5, 5.41) is 15.6. The number of rotatable bonds is 13. The SMILES string of the molecule is CC[C@H](C)[C@H](NC(=O)C[C@H](O)[C@H](CC(C)C)NC(=O)[C@@H](N)CC(N)=O)C(N)=O. The second-order valence-electron chi connectivity index (χ2n) is 7.63. The third kappa shape index (κ3) is 9.65. The van der Waals surface area contributed by atoms with E-state index in [0.29, 0.717) is 12.8 Å². The molecule has 0 heterocycles. The van der Waals surface area contributed by atoms with Crippen LogP contribution >= 0.6 is 0 Å². The summed E-state index contributed by atoms with van der Waals surface area (Å²) in [6, 6.07) is -2.74. The van der Waals surface area contributed by atoms with Crippen LogP contribution in [0.4, 0.5) is 0 Å². The number of primary amides is 2. The van der Waals surface area contributed by atoms with Gasteiger partial charge in [-0.1, -0.05) is 34.1 Å². The minimum absolute atomic E-state index is 0.105. The van der Waals surface area contributed by atoms with Crippen LogP contribution in [-0.2, 0) is 19.2 Å². The number of amides is 4. The molecule has 0 spiro atoms. The van der Waals surface area contributed by atoms with Crippen LogP contribution in [0.15, 0.2) is 0 Å².